The van der Waals surface area contributed by atoms with E-state index in [-0.39, 0.29) is 18.9 Å². The lowest BCUT2D eigenvalue weighted by molar-refractivity contribution is 0.290. The van der Waals surface area contributed by atoms with E-state index in [0.717, 1.165) is 0 Å². The fraction of sp³-hybridized carbons (Fsp3) is 0.118. The number of hydrogen-bond acceptors (Lipinski definition) is 3. The first-order valence-electron chi connectivity index (χ1n) is 6.34. The lowest BCUT2D eigenvalue weighted by Gasteiger charge is -2.08. The molecule has 0 fully saturated rings. The van der Waals surface area contributed by atoms with Crippen LogP contribution in [0, 0.1) is 29.0 Å². The summed E-state index contributed by atoms with van der Waals surface area (Å²) < 4.78 is 19.2. The quantitative estimate of drug-likeness (QED) is 0.879. The molecule has 0 spiro atoms. The topological polar surface area (TPSA) is 59.0 Å². The first-order valence-corrected chi connectivity index (χ1v) is 6.34. The molecule has 2 rings (SSSR count). The Morgan fingerprint density at radius 1 is 1.19 bits per heavy atom. The molecule has 0 radical (unpaired) electrons. The third kappa shape index (κ3) is 3.82. The van der Waals surface area contributed by atoms with Gasteiger partial charge in [0.1, 0.15) is 6.61 Å². The van der Waals surface area contributed by atoms with Crippen LogP contribution in [-0.4, -0.2) is 6.54 Å². The molecule has 0 aliphatic rings. The van der Waals surface area contributed by atoms with Gasteiger partial charge in [0.25, 0.3) is 0 Å². The Kier molecular flexibility index (Phi) is 4.93. The van der Waals surface area contributed by atoms with E-state index in [1.54, 1.807) is 30.3 Å². The largest absolute Gasteiger partial charge is 0.486 e. The van der Waals surface area contributed by atoms with Gasteiger partial charge < -0.3 is 10.5 Å². The molecule has 2 aromatic carbocycles. The minimum atomic E-state index is -0.470. The molecule has 3 nitrogen and oxygen atoms in total. The van der Waals surface area contributed by atoms with Crippen LogP contribution in [-0.2, 0) is 6.61 Å². The van der Waals surface area contributed by atoms with E-state index in [1.165, 1.54) is 12.1 Å². The predicted molar refractivity (Wildman–Crippen MR) is 77.8 cm³/mol. The number of hydrogen-bond donors (Lipinski definition) is 1. The van der Waals surface area contributed by atoms with E-state index in [2.05, 4.69) is 17.9 Å². The molecular weight excluding hydrogens is 267 g/mol. The van der Waals surface area contributed by atoms with Crippen LogP contribution in [0.2, 0.25) is 0 Å². The molecule has 0 unspecified atom stereocenters. The molecule has 0 heterocycles. The van der Waals surface area contributed by atoms with Crippen LogP contribution in [0.3, 0.4) is 0 Å². The Labute approximate surface area is 122 Å². The van der Waals surface area contributed by atoms with Gasteiger partial charge in [-0.1, -0.05) is 30.0 Å². The summed E-state index contributed by atoms with van der Waals surface area (Å²) in [5.41, 5.74) is 7.15. The van der Waals surface area contributed by atoms with E-state index >= 15 is 0 Å². The SMILES string of the molecule is N#Cc1ccccc1COc1cc(C#CCN)ccc1F. The van der Waals surface area contributed by atoms with Crippen molar-refractivity contribution in [3.05, 3.63) is 65.0 Å². The van der Waals surface area contributed by atoms with E-state index in [0.29, 0.717) is 16.7 Å². The Balaban J connectivity index is 2.18. The van der Waals surface area contributed by atoms with Crippen LogP contribution in [0.15, 0.2) is 42.5 Å². The molecule has 4 heteroatoms. The molecule has 104 valence electrons. The summed E-state index contributed by atoms with van der Waals surface area (Å²) in [6.45, 7) is 0.359. The number of nitriles is 1. The highest BCUT2D eigenvalue weighted by atomic mass is 19.1. The summed E-state index contributed by atoms with van der Waals surface area (Å²) in [5, 5.41) is 9.00. The average molecular weight is 280 g/mol. The Morgan fingerprint density at radius 3 is 2.76 bits per heavy atom. The van der Waals surface area contributed by atoms with Gasteiger partial charge in [0.2, 0.25) is 0 Å². The summed E-state index contributed by atoms with van der Waals surface area (Å²) in [6, 6.07) is 13.5. The van der Waals surface area contributed by atoms with Crippen molar-refractivity contribution in [2.45, 2.75) is 6.61 Å². The number of benzene rings is 2. The highest BCUT2D eigenvalue weighted by Gasteiger charge is 2.06. The lowest BCUT2D eigenvalue weighted by atomic mass is 10.1. The number of ether oxygens (including phenoxy) is 1. The average Bonchev–Trinajstić information content (AvgIpc) is 2.53. The Bertz CT molecular complexity index is 738. The standard InChI is InChI=1S/C17H13FN2O/c18-16-8-7-13(4-3-9-19)10-17(16)21-12-15-6-2-1-5-14(15)11-20/h1-2,5-8,10H,9,12,19H2. The second-order valence-corrected chi connectivity index (χ2v) is 4.21. The maximum Gasteiger partial charge on any atom is 0.165 e. The Morgan fingerprint density at radius 2 is 2.00 bits per heavy atom. The monoisotopic (exact) mass is 280 g/mol. The zero-order valence-corrected chi connectivity index (χ0v) is 11.3. The maximum atomic E-state index is 13.7. The molecule has 21 heavy (non-hydrogen) atoms. The van der Waals surface area contributed by atoms with Crippen LogP contribution in [0.25, 0.3) is 0 Å². The number of nitrogens with zero attached hydrogens (tertiary/aromatic N) is 1. The smallest absolute Gasteiger partial charge is 0.165 e. The van der Waals surface area contributed by atoms with Crippen molar-refractivity contribution in [1.82, 2.24) is 0 Å². The van der Waals surface area contributed by atoms with Crippen LogP contribution in [0.5, 0.6) is 5.75 Å². The minimum absolute atomic E-state index is 0.103. The van der Waals surface area contributed by atoms with Gasteiger partial charge in [0.05, 0.1) is 18.2 Å². The summed E-state index contributed by atoms with van der Waals surface area (Å²) >= 11 is 0. The van der Waals surface area contributed by atoms with Gasteiger partial charge in [-0.3, -0.25) is 0 Å². The highest BCUT2D eigenvalue weighted by molar-refractivity contribution is 5.41. The van der Waals surface area contributed by atoms with Crippen LogP contribution in [0.4, 0.5) is 4.39 Å². The second-order valence-electron chi connectivity index (χ2n) is 4.21. The van der Waals surface area contributed by atoms with Gasteiger partial charge in [-0.15, -0.1) is 0 Å². The van der Waals surface area contributed by atoms with Gasteiger partial charge in [0, 0.05) is 11.1 Å². The number of nitrogens with two attached hydrogens (primary N) is 1. The van der Waals surface area contributed by atoms with Crippen molar-refractivity contribution in [2.75, 3.05) is 6.54 Å². The fourth-order valence-electron chi connectivity index (χ4n) is 1.76. The first-order chi connectivity index (χ1) is 10.2. The van der Waals surface area contributed by atoms with Crippen LogP contribution >= 0.6 is 0 Å². The van der Waals surface area contributed by atoms with E-state index in [4.69, 9.17) is 15.7 Å². The van der Waals surface area contributed by atoms with Gasteiger partial charge in [-0.05, 0) is 24.3 Å². The van der Waals surface area contributed by atoms with Gasteiger partial charge in [-0.25, -0.2) is 4.39 Å². The third-order valence-corrected chi connectivity index (χ3v) is 2.79. The van der Waals surface area contributed by atoms with Crippen molar-refractivity contribution < 1.29 is 9.13 Å². The third-order valence-electron chi connectivity index (χ3n) is 2.79. The normalized spacial score (nSPS) is 9.38. The van der Waals surface area contributed by atoms with Crippen molar-refractivity contribution in [3.8, 4) is 23.7 Å². The van der Waals surface area contributed by atoms with Crippen LogP contribution < -0.4 is 10.5 Å². The van der Waals surface area contributed by atoms with Gasteiger partial charge in [0.15, 0.2) is 11.6 Å². The molecule has 0 amide bonds. The molecule has 0 saturated carbocycles. The molecule has 0 bridgehead atoms. The van der Waals surface area contributed by atoms with Crippen molar-refractivity contribution in [3.63, 3.8) is 0 Å². The van der Waals surface area contributed by atoms with E-state index in [9.17, 15) is 4.39 Å². The predicted octanol–water partition coefficient (Wildman–Crippen LogP) is 2.59. The molecule has 0 atom stereocenters. The van der Waals surface area contributed by atoms with E-state index < -0.39 is 5.82 Å². The lowest BCUT2D eigenvalue weighted by Crippen LogP contribution is -2.00. The summed E-state index contributed by atoms with van der Waals surface area (Å²) in [6.07, 6.45) is 0. The molecular formula is C17H13FN2O. The molecule has 0 aliphatic heterocycles. The van der Waals surface area contributed by atoms with Crippen molar-refractivity contribution in [1.29, 1.82) is 5.26 Å². The molecule has 0 saturated heterocycles. The van der Waals surface area contributed by atoms with Gasteiger partial charge in [-0.2, -0.15) is 5.26 Å². The fourth-order valence-corrected chi connectivity index (χ4v) is 1.76. The van der Waals surface area contributed by atoms with Crippen LogP contribution in [0.1, 0.15) is 16.7 Å². The summed E-state index contributed by atoms with van der Waals surface area (Å²) in [4.78, 5) is 0. The molecule has 0 aromatic heterocycles. The summed E-state index contributed by atoms with van der Waals surface area (Å²) in [7, 11) is 0. The second kappa shape index (κ2) is 7.09. The van der Waals surface area contributed by atoms with Gasteiger partial charge >= 0.3 is 0 Å². The number of rotatable bonds is 3. The minimum Gasteiger partial charge on any atom is -0.486 e. The number of halogens is 1. The Hall–Kier alpha value is -2.82. The zero-order chi connectivity index (χ0) is 15.1. The molecule has 2 N–H and O–H groups in total. The summed E-state index contributed by atoms with van der Waals surface area (Å²) in [5.74, 6) is 5.15. The highest BCUT2D eigenvalue weighted by Crippen LogP contribution is 2.20. The maximum absolute atomic E-state index is 13.7. The first kappa shape index (κ1) is 14.6. The van der Waals surface area contributed by atoms with Crippen molar-refractivity contribution in [2.24, 2.45) is 5.73 Å². The zero-order valence-electron chi connectivity index (χ0n) is 11.3. The molecule has 0 aliphatic carbocycles. The van der Waals surface area contributed by atoms with Crippen molar-refractivity contribution >= 4 is 0 Å². The molecule has 2 aromatic rings. The van der Waals surface area contributed by atoms with E-state index in [1.807, 2.05) is 0 Å².